The summed E-state index contributed by atoms with van der Waals surface area (Å²) in [4.78, 5) is 7.87. The maximum Gasteiger partial charge on any atom is 0.0399 e. The van der Waals surface area contributed by atoms with E-state index in [-0.39, 0.29) is 0 Å². The number of nitrogens with zero attached hydrogens (tertiary/aromatic N) is 3. The number of piperidine rings is 1. The Labute approximate surface area is 135 Å². The van der Waals surface area contributed by atoms with E-state index < -0.39 is 0 Å². The Bertz CT molecular complexity index is 472. The SMILES string of the molecule is Cc1cccc(N2CCN(CCN3CCCCC3)CC2)c1C. The third-order valence-corrected chi connectivity index (χ3v) is 5.47. The molecule has 0 amide bonds. The number of benzene rings is 1. The fraction of sp³-hybridized carbons (Fsp3) is 0.684. The average Bonchev–Trinajstić information content (AvgIpc) is 2.57. The van der Waals surface area contributed by atoms with Crippen molar-refractivity contribution in [1.29, 1.82) is 0 Å². The van der Waals surface area contributed by atoms with Crippen LogP contribution in [0, 0.1) is 13.8 Å². The number of piperazine rings is 1. The first-order valence-corrected chi connectivity index (χ1v) is 9.00. The zero-order valence-electron chi connectivity index (χ0n) is 14.4. The van der Waals surface area contributed by atoms with E-state index in [1.807, 2.05) is 0 Å². The van der Waals surface area contributed by atoms with E-state index in [2.05, 4.69) is 46.7 Å². The van der Waals surface area contributed by atoms with Gasteiger partial charge in [-0.25, -0.2) is 0 Å². The Kier molecular flexibility index (Phi) is 5.37. The second-order valence-corrected chi connectivity index (χ2v) is 6.95. The molecule has 0 unspecified atom stereocenters. The molecule has 2 heterocycles. The van der Waals surface area contributed by atoms with Gasteiger partial charge < -0.3 is 9.80 Å². The van der Waals surface area contributed by atoms with Gasteiger partial charge >= 0.3 is 0 Å². The average molecular weight is 301 g/mol. The van der Waals surface area contributed by atoms with Crippen LogP contribution in [0.2, 0.25) is 0 Å². The summed E-state index contributed by atoms with van der Waals surface area (Å²) in [5.74, 6) is 0. The van der Waals surface area contributed by atoms with E-state index in [1.54, 1.807) is 0 Å². The fourth-order valence-corrected chi connectivity index (χ4v) is 3.76. The van der Waals surface area contributed by atoms with Gasteiger partial charge in [-0.2, -0.15) is 0 Å². The first-order chi connectivity index (χ1) is 10.7. The molecule has 3 heteroatoms. The number of anilines is 1. The molecule has 1 aromatic rings. The maximum atomic E-state index is 2.65. The smallest absolute Gasteiger partial charge is 0.0399 e. The van der Waals surface area contributed by atoms with E-state index in [0.29, 0.717) is 0 Å². The molecule has 2 aliphatic heterocycles. The van der Waals surface area contributed by atoms with Gasteiger partial charge in [0.1, 0.15) is 0 Å². The van der Waals surface area contributed by atoms with Crippen LogP contribution in [-0.2, 0) is 0 Å². The van der Waals surface area contributed by atoms with E-state index in [4.69, 9.17) is 0 Å². The predicted octanol–water partition coefficient (Wildman–Crippen LogP) is 2.91. The van der Waals surface area contributed by atoms with Gasteiger partial charge in [0.05, 0.1) is 0 Å². The highest BCUT2D eigenvalue weighted by Gasteiger charge is 2.19. The fourth-order valence-electron chi connectivity index (χ4n) is 3.76. The first kappa shape index (κ1) is 15.8. The molecule has 0 spiro atoms. The summed E-state index contributed by atoms with van der Waals surface area (Å²) < 4.78 is 0. The lowest BCUT2D eigenvalue weighted by Crippen LogP contribution is -2.49. The minimum atomic E-state index is 1.17. The molecule has 0 radical (unpaired) electrons. The normalized spacial score (nSPS) is 21.3. The third-order valence-electron chi connectivity index (χ3n) is 5.47. The molecule has 0 aliphatic carbocycles. The van der Waals surface area contributed by atoms with Crippen LogP contribution >= 0.6 is 0 Å². The zero-order chi connectivity index (χ0) is 15.4. The monoisotopic (exact) mass is 301 g/mol. The van der Waals surface area contributed by atoms with Crippen molar-refractivity contribution in [3.05, 3.63) is 29.3 Å². The van der Waals surface area contributed by atoms with Crippen LogP contribution in [0.25, 0.3) is 0 Å². The second-order valence-electron chi connectivity index (χ2n) is 6.95. The van der Waals surface area contributed by atoms with E-state index >= 15 is 0 Å². The van der Waals surface area contributed by atoms with Crippen LogP contribution in [0.4, 0.5) is 5.69 Å². The zero-order valence-corrected chi connectivity index (χ0v) is 14.4. The third kappa shape index (κ3) is 3.82. The lowest BCUT2D eigenvalue weighted by atomic mass is 10.1. The largest absolute Gasteiger partial charge is 0.369 e. The van der Waals surface area contributed by atoms with Crippen molar-refractivity contribution in [3.63, 3.8) is 0 Å². The molecule has 3 rings (SSSR count). The van der Waals surface area contributed by atoms with Gasteiger partial charge in [0.15, 0.2) is 0 Å². The Balaban J connectivity index is 1.47. The molecule has 122 valence electrons. The molecule has 0 atom stereocenters. The Morgan fingerprint density at radius 2 is 1.41 bits per heavy atom. The second kappa shape index (κ2) is 7.47. The van der Waals surface area contributed by atoms with Crippen LogP contribution in [-0.4, -0.2) is 62.2 Å². The van der Waals surface area contributed by atoms with Gasteiger partial charge in [0.25, 0.3) is 0 Å². The number of hydrogen-bond acceptors (Lipinski definition) is 3. The molecular formula is C19H31N3. The molecule has 1 aromatic carbocycles. The summed E-state index contributed by atoms with van der Waals surface area (Å²) in [7, 11) is 0. The number of likely N-dealkylation sites (tertiary alicyclic amines) is 1. The van der Waals surface area contributed by atoms with E-state index in [0.717, 1.165) is 0 Å². The van der Waals surface area contributed by atoms with Gasteiger partial charge in [-0.3, -0.25) is 4.90 Å². The summed E-state index contributed by atoms with van der Waals surface area (Å²) in [5.41, 5.74) is 4.30. The van der Waals surface area contributed by atoms with Crippen molar-refractivity contribution in [1.82, 2.24) is 9.80 Å². The highest BCUT2D eigenvalue weighted by molar-refractivity contribution is 5.56. The van der Waals surface area contributed by atoms with Crippen molar-refractivity contribution in [2.24, 2.45) is 0 Å². The van der Waals surface area contributed by atoms with Gasteiger partial charge in [-0.1, -0.05) is 18.6 Å². The van der Waals surface area contributed by atoms with Gasteiger partial charge in [-0.15, -0.1) is 0 Å². The molecule has 2 saturated heterocycles. The quantitative estimate of drug-likeness (QED) is 0.846. The van der Waals surface area contributed by atoms with Crippen LogP contribution in [0.15, 0.2) is 18.2 Å². The van der Waals surface area contributed by atoms with Crippen molar-refractivity contribution in [3.8, 4) is 0 Å². The van der Waals surface area contributed by atoms with Gasteiger partial charge in [0.2, 0.25) is 0 Å². The minimum Gasteiger partial charge on any atom is -0.369 e. The lowest BCUT2D eigenvalue weighted by Gasteiger charge is -2.38. The molecule has 22 heavy (non-hydrogen) atoms. The Morgan fingerprint density at radius 3 is 2.09 bits per heavy atom. The maximum absolute atomic E-state index is 2.65. The molecule has 2 fully saturated rings. The van der Waals surface area contributed by atoms with Crippen LogP contribution in [0.3, 0.4) is 0 Å². The first-order valence-electron chi connectivity index (χ1n) is 9.00. The van der Waals surface area contributed by atoms with Crippen LogP contribution in [0.1, 0.15) is 30.4 Å². The molecule has 3 nitrogen and oxygen atoms in total. The number of aryl methyl sites for hydroxylation is 1. The summed E-state index contributed by atoms with van der Waals surface area (Å²) in [5, 5.41) is 0. The van der Waals surface area contributed by atoms with Crippen molar-refractivity contribution >= 4 is 5.69 Å². The molecule has 0 aromatic heterocycles. The molecule has 0 N–H and O–H groups in total. The summed E-state index contributed by atoms with van der Waals surface area (Å²) in [6, 6.07) is 6.69. The summed E-state index contributed by atoms with van der Waals surface area (Å²) in [6.45, 7) is 14.4. The summed E-state index contributed by atoms with van der Waals surface area (Å²) in [6.07, 6.45) is 4.24. The Morgan fingerprint density at radius 1 is 0.773 bits per heavy atom. The van der Waals surface area contributed by atoms with E-state index in [9.17, 15) is 0 Å². The highest BCUT2D eigenvalue weighted by Crippen LogP contribution is 2.23. The van der Waals surface area contributed by atoms with E-state index in [1.165, 1.54) is 88.4 Å². The minimum absolute atomic E-state index is 1.17. The molecule has 0 bridgehead atoms. The van der Waals surface area contributed by atoms with Gasteiger partial charge in [0, 0.05) is 45.0 Å². The van der Waals surface area contributed by atoms with Crippen molar-refractivity contribution in [2.75, 3.05) is 57.3 Å². The van der Waals surface area contributed by atoms with Crippen LogP contribution < -0.4 is 4.90 Å². The predicted molar refractivity (Wildman–Crippen MR) is 94.9 cm³/mol. The number of hydrogen-bond donors (Lipinski definition) is 0. The standard InChI is InChI=1S/C19H31N3/c1-17-7-6-8-19(18(17)2)22-15-13-21(14-16-22)12-11-20-9-4-3-5-10-20/h6-8H,3-5,9-16H2,1-2H3. The topological polar surface area (TPSA) is 9.72 Å². The van der Waals surface area contributed by atoms with Gasteiger partial charge in [-0.05, 0) is 57.0 Å². The molecule has 0 saturated carbocycles. The molecular weight excluding hydrogens is 270 g/mol. The number of rotatable bonds is 4. The highest BCUT2D eigenvalue weighted by atomic mass is 15.3. The van der Waals surface area contributed by atoms with Crippen molar-refractivity contribution < 1.29 is 0 Å². The lowest BCUT2D eigenvalue weighted by molar-refractivity contribution is 0.177. The Hall–Kier alpha value is -1.06. The van der Waals surface area contributed by atoms with Crippen LogP contribution in [0.5, 0.6) is 0 Å². The van der Waals surface area contributed by atoms with Crippen molar-refractivity contribution in [2.45, 2.75) is 33.1 Å². The summed E-state index contributed by atoms with van der Waals surface area (Å²) >= 11 is 0. The molecule has 2 aliphatic rings.